The van der Waals surface area contributed by atoms with Crippen molar-refractivity contribution in [3.63, 3.8) is 0 Å². The van der Waals surface area contributed by atoms with Gasteiger partial charge < -0.3 is 19.0 Å². The van der Waals surface area contributed by atoms with Crippen molar-refractivity contribution < 1.29 is 13.9 Å². The number of fused-ring (bicyclic) bond motifs is 1. The number of nitrogens with one attached hydrogen (secondary N) is 1. The first kappa shape index (κ1) is 20.0. The lowest BCUT2D eigenvalue weighted by Crippen LogP contribution is -2.48. The number of nitrogens with zero attached hydrogens (tertiary/aromatic N) is 2. The van der Waals surface area contributed by atoms with Crippen LogP contribution in [0.3, 0.4) is 0 Å². The van der Waals surface area contributed by atoms with Crippen LogP contribution < -0.4 is 10.7 Å². The molecule has 0 spiro atoms. The predicted molar refractivity (Wildman–Crippen MR) is 112 cm³/mol. The van der Waals surface area contributed by atoms with Crippen LogP contribution in [0.25, 0.3) is 11.1 Å². The molecule has 2 saturated heterocycles. The Hall–Kier alpha value is -2.28. The molecule has 0 amide bonds. The second kappa shape index (κ2) is 7.86. The number of carbonyl (C=O) groups excluding carboxylic acids is 1. The van der Waals surface area contributed by atoms with Crippen molar-refractivity contribution in [3.8, 4) is 0 Å². The maximum absolute atomic E-state index is 12.3. The Morgan fingerprint density at radius 2 is 1.79 bits per heavy atom. The van der Waals surface area contributed by atoms with E-state index in [9.17, 15) is 9.59 Å². The van der Waals surface area contributed by atoms with Gasteiger partial charge in [-0.3, -0.25) is 9.78 Å². The molecule has 7 nitrogen and oxygen atoms in total. The minimum atomic E-state index is -0.411. The maximum atomic E-state index is 12.3. The molecule has 2 fully saturated rings. The smallest absolute Gasteiger partial charge is 0.417 e. The number of carbonyl (C=O) groups is 1. The summed E-state index contributed by atoms with van der Waals surface area (Å²) in [4.78, 5) is 31.3. The number of hydrogen-bond donors (Lipinski definition) is 1. The first-order valence-corrected chi connectivity index (χ1v) is 10.6. The summed E-state index contributed by atoms with van der Waals surface area (Å²) in [6, 6.07) is 6.46. The highest BCUT2D eigenvalue weighted by Crippen LogP contribution is 2.28. The number of piperidine rings is 2. The minimum Gasteiger partial charge on any atom is -0.460 e. The SMILES string of the molecule is CC(C)(C)OC(=O)C1CCN(C2CCN(c3ccc4[nH]c(=O)oc4c3)CC2)CC1. The predicted octanol–water partition coefficient (Wildman–Crippen LogP) is 3.14. The van der Waals surface area contributed by atoms with Crippen molar-refractivity contribution in [2.24, 2.45) is 5.92 Å². The number of rotatable bonds is 3. The monoisotopic (exact) mass is 401 g/mol. The van der Waals surface area contributed by atoms with Crippen molar-refractivity contribution >= 4 is 22.8 Å². The van der Waals surface area contributed by atoms with E-state index in [1.165, 1.54) is 0 Å². The van der Waals surface area contributed by atoms with Crippen LogP contribution in [0.2, 0.25) is 0 Å². The summed E-state index contributed by atoms with van der Waals surface area (Å²) < 4.78 is 10.8. The van der Waals surface area contributed by atoms with E-state index in [-0.39, 0.29) is 11.9 Å². The molecule has 0 aliphatic carbocycles. The number of benzene rings is 1. The summed E-state index contributed by atoms with van der Waals surface area (Å²) in [5, 5.41) is 0. The summed E-state index contributed by atoms with van der Waals surface area (Å²) in [5.74, 6) is -0.419. The van der Waals surface area contributed by atoms with E-state index in [4.69, 9.17) is 9.15 Å². The minimum absolute atomic E-state index is 0.0355. The van der Waals surface area contributed by atoms with Crippen molar-refractivity contribution in [2.45, 2.75) is 58.1 Å². The van der Waals surface area contributed by atoms with Gasteiger partial charge in [-0.05, 0) is 71.7 Å². The molecule has 2 aliphatic rings. The van der Waals surface area contributed by atoms with Gasteiger partial charge in [0, 0.05) is 30.9 Å². The molecule has 1 N–H and O–H groups in total. The molecule has 0 radical (unpaired) electrons. The molecular weight excluding hydrogens is 370 g/mol. The van der Waals surface area contributed by atoms with Crippen LogP contribution in [0.1, 0.15) is 46.5 Å². The Balaban J connectivity index is 1.29. The van der Waals surface area contributed by atoms with Gasteiger partial charge in [0.25, 0.3) is 0 Å². The molecule has 7 heteroatoms. The van der Waals surface area contributed by atoms with E-state index in [0.29, 0.717) is 11.6 Å². The molecule has 0 atom stereocenters. The number of hydrogen-bond acceptors (Lipinski definition) is 6. The van der Waals surface area contributed by atoms with Crippen molar-refractivity contribution in [2.75, 3.05) is 31.1 Å². The Morgan fingerprint density at radius 1 is 1.10 bits per heavy atom. The third-order valence-electron chi connectivity index (χ3n) is 6.02. The lowest BCUT2D eigenvalue weighted by atomic mass is 9.93. The third kappa shape index (κ3) is 4.66. The highest BCUT2D eigenvalue weighted by atomic mass is 16.6. The lowest BCUT2D eigenvalue weighted by Gasteiger charge is -2.42. The second-order valence-corrected chi connectivity index (χ2v) is 9.26. The Bertz CT molecular complexity index is 910. The summed E-state index contributed by atoms with van der Waals surface area (Å²) >= 11 is 0. The second-order valence-electron chi connectivity index (χ2n) is 9.26. The van der Waals surface area contributed by atoms with Crippen LogP contribution in [0.4, 0.5) is 5.69 Å². The van der Waals surface area contributed by atoms with Crippen LogP contribution in [0.15, 0.2) is 27.4 Å². The highest BCUT2D eigenvalue weighted by Gasteiger charge is 2.32. The molecule has 2 aliphatic heterocycles. The molecule has 158 valence electrons. The molecule has 0 saturated carbocycles. The fourth-order valence-corrected chi connectivity index (χ4v) is 4.51. The number of aromatic nitrogens is 1. The molecule has 2 aromatic rings. The quantitative estimate of drug-likeness (QED) is 0.796. The molecule has 0 unspecified atom stereocenters. The lowest BCUT2D eigenvalue weighted by molar-refractivity contribution is -0.161. The molecule has 0 bridgehead atoms. The molecule has 4 rings (SSSR count). The van der Waals surface area contributed by atoms with Crippen LogP contribution in [0.5, 0.6) is 0 Å². The third-order valence-corrected chi connectivity index (χ3v) is 6.02. The first-order chi connectivity index (χ1) is 13.8. The molecule has 29 heavy (non-hydrogen) atoms. The Morgan fingerprint density at radius 3 is 2.45 bits per heavy atom. The van der Waals surface area contributed by atoms with Crippen molar-refractivity contribution in [1.82, 2.24) is 9.88 Å². The van der Waals surface area contributed by atoms with E-state index in [2.05, 4.69) is 14.8 Å². The van der Waals surface area contributed by atoms with Crippen LogP contribution >= 0.6 is 0 Å². The van der Waals surface area contributed by atoms with Gasteiger partial charge in [0.05, 0.1) is 11.4 Å². The zero-order valence-corrected chi connectivity index (χ0v) is 17.6. The highest BCUT2D eigenvalue weighted by molar-refractivity contribution is 5.77. The number of oxazole rings is 1. The standard InChI is InChI=1S/C22H31N3O4/c1-22(2,3)29-20(26)15-6-10-24(11-7-15)16-8-12-25(13-9-16)17-4-5-18-19(14-17)28-21(27)23-18/h4-5,14-16H,6-13H2,1-3H3,(H,23,27). The maximum Gasteiger partial charge on any atom is 0.417 e. The normalized spacial score (nSPS) is 20.3. The largest absolute Gasteiger partial charge is 0.460 e. The molecule has 3 heterocycles. The number of anilines is 1. The van der Waals surface area contributed by atoms with Crippen molar-refractivity contribution in [3.05, 3.63) is 28.7 Å². The van der Waals surface area contributed by atoms with Gasteiger partial charge in [-0.2, -0.15) is 0 Å². The number of ether oxygens (including phenoxy) is 1. The van der Waals surface area contributed by atoms with E-state index < -0.39 is 11.4 Å². The van der Waals surface area contributed by atoms with Gasteiger partial charge in [-0.1, -0.05) is 0 Å². The zero-order valence-electron chi connectivity index (χ0n) is 17.6. The fraction of sp³-hybridized carbons (Fsp3) is 0.636. The molecule has 1 aromatic carbocycles. The van der Waals surface area contributed by atoms with Gasteiger partial charge in [0.2, 0.25) is 0 Å². The molecule has 1 aromatic heterocycles. The van der Waals surface area contributed by atoms with E-state index >= 15 is 0 Å². The van der Waals surface area contributed by atoms with E-state index in [1.54, 1.807) is 0 Å². The number of esters is 1. The summed E-state index contributed by atoms with van der Waals surface area (Å²) in [7, 11) is 0. The summed E-state index contributed by atoms with van der Waals surface area (Å²) in [6.07, 6.45) is 3.98. The Labute approximate surface area is 171 Å². The average Bonchev–Trinajstić information content (AvgIpc) is 3.06. The van der Waals surface area contributed by atoms with Crippen LogP contribution in [-0.2, 0) is 9.53 Å². The van der Waals surface area contributed by atoms with Crippen LogP contribution in [0, 0.1) is 5.92 Å². The zero-order chi connectivity index (χ0) is 20.6. The number of aromatic amines is 1. The summed E-state index contributed by atoms with van der Waals surface area (Å²) in [5.41, 5.74) is 2.04. The van der Waals surface area contributed by atoms with Crippen LogP contribution in [-0.4, -0.2) is 53.7 Å². The van der Waals surface area contributed by atoms with Crippen molar-refractivity contribution in [1.29, 1.82) is 0 Å². The van der Waals surface area contributed by atoms with Gasteiger partial charge >= 0.3 is 11.7 Å². The van der Waals surface area contributed by atoms with Gasteiger partial charge in [-0.15, -0.1) is 0 Å². The van der Waals surface area contributed by atoms with E-state index in [0.717, 1.165) is 63.1 Å². The number of likely N-dealkylation sites (tertiary alicyclic amines) is 1. The van der Waals surface area contributed by atoms with Gasteiger partial charge in [-0.25, -0.2) is 4.79 Å². The number of H-pyrrole nitrogens is 1. The van der Waals surface area contributed by atoms with Gasteiger partial charge in [0.1, 0.15) is 5.60 Å². The average molecular weight is 402 g/mol. The molecular formula is C22H31N3O4. The topological polar surface area (TPSA) is 78.8 Å². The first-order valence-electron chi connectivity index (χ1n) is 10.6. The van der Waals surface area contributed by atoms with E-state index in [1.807, 2.05) is 39.0 Å². The van der Waals surface area contributed by atoms with Gasteiger partial charge in [0.15, 0.2) is 5.58 Å². The fourth-order valence-electron chi connectivity index (χ4n) is 4.51. The summed E-state index contributed by atoms with van der Waals surface area (Å²) in [6.45, 7) is 9.68. The Kier molecular flexibility index (Phi) is 5.42.